The predicted octanol–water partition coefficient (Wildman–Crippen LogP) is 5.47. The molecule has 0 aliphatic carbocycles. The molecular formula is C30H37N3O9S2. The first kappa shape index (κ1) is 33.3. The fraction of sp³-hybridized carbons (Fsp3) is 0.433. The fourth-order valence-electron chi connectivity index (χ4n) is 4.15. The van der Waals surface area contributed by atoms with Gasteiger partial charge in [-0.1, -0.05) is 56.8 Å². The second-order valence-electron chi connectivity index (χ2n) is 10.8. The zero-order valence-corrected chi connectivity index (χ0v) is 26.7. The van der Waals surface area contributed by atoms with E-state index in [4.69, 9.17) is 23.7 Å². The first-order valence-electron chi connectivity index (χ1n) is 14.0. The molecule has 0 radical (unpaired) electrons. The van der Waals surface area contributed by atoms with Crippen LogP contribution >= 0.6 is 11.8 Å². The zero-order valence-electron chi connectivity index (χ0n) is 25.1. The van der Waals surface area contributed by atoms with Gasteiger partial charge in [0.15, 0.2) is 28.8 Å². The van der Waals surface area contributed by atoms with Crippen LogP contribution in [0, 0.1) is 0 Å². The molecule has 14 heteroatoms. The van der Waals surface area contributed by atoms with Gasteiger partial charge in [0.2, 0.25) is 5.75 Å². The average Bonchev–Trinajstić information content (AvgIpc) is 3.00. The molecule has 0 amide bonds. The average molecular weight is 648 g/mol. The summed E-state index contributed by atoms with van der Waals surface area (Å²) in [5, 5.41) is 9.21. The number of carboxylic acids is 1. The van der Waals surface area contributed by atoms with Crippen LogP contribution in [0.2, 0.25) is 0 Å². The van der Waals surface area contributed by atoms with Crippen LogP contribution in [0.5, 0.6) is 23.1 Å². The highest BCUT2D eigenvalue weighted by Crippen LogP contribution is 2.41. The topological polar surface area (TPSA) is 155 Å². The number of ether oxygens (including phenoxy) is 5. The molecule has 0 spiro atoms. The van der Waals surface area contributed by atoms with Crippen molar-refractivity contribution in [3.05, 3.63) is 54.1 Å². The van der Waals surface area contributed by atoms with Gasteiger partial charge in [0.25, 0.3) is 15.9 Å². The Bertz CT molecular complexity index is 1520. The molecule has 0 bridgehead atoms. The highest BCUT2D eigenvalue weighted by molar-refractivity contribution is 7.99. The Kier molecular flexibility index (Phi) is 11.3. The van der Waals surface area contributed by atoms with E-state index in [0.717, 1.165) is 36.6 Å². The number of carbonyl (C=O) groups is 1. The van der Waals surface area contributed by atoms with Crippen molar-refractivity contribution in [1.29, 1.82) is 0 Å². The lowest BCUT2D eigenvalue weighted by molar-refractivity contribution is -0.165. The molecule has 1 aromatic heterocycles. The summed E-state index contributed by atoms with van der Waals surface area (Å²) < 4.78 is 58.5. The van der Waals surface area contributed by atoms with Gasteiger partial charge < -0.3 is 28.8 Å². The van der Waals surface area contributed by atoms with Crippen molar-refractivity contribution in [2.24, 2.45) is 0 Å². The molecule has 1 unspecified atom stereocenters. The van der Waals surface area contributed by atoms with Crippen LogP contribution in [0.25, 0.3) is 0 Å². The van der Waals surface area contributed by atoms with E-state index in [1.165, 1.54) is 19.2 Å². The Morgan fingerprint density at radius 3 is 2.43 bits per heavy atom. The summed E-state index contributed by atoms with van der Waals surface area (Å²) in [4.78, 5) is 20.0. The Labute approximate surface area is 261 Å². The van der Waals surface area contributed by atoms with Gasteiger partial charge in [-0.2, -0.15) is 4.98 Å². The Hall–Kier alpha value is -3.59. The van der Waals surface area contributed by atoms with Crippen molar-refractivity contribution in [3.63, 3.8) is 0 Å². The molecule has 1 aliphatic heterocycles. The van der Waals surface area contributed by atoms with Crippen molar-refractivity contribution in [2.45, 2.75) is 61.8 Å². The number of sulfonamides is 1. The van der Waals surface area contributed by atoms with Crippen molar-refractivity contribution in [2.75, 3.05) is 37.4 Å². The van der Waals surface area contributed by atoms with Crippen molar-refractivity contribution >= 4 is 33.6 Å². The first-order chi connectivity index (χ1) is 21.0. The molecule has 1 aliphatic rings. The molecule has 3 aromatic rings. The lowest BCUT2D eigenvalue weighted by atomic mass is 9.87. The first-order valence-corrected chi connectivity index (χ1v) is 16.5. The second-order valence-corrected chi connectivity index (χ2v) is 13.4. The summed E-state index contributed by atoms with van der Waals surface area (Å²) in [6.07, 6.45) is 2.42. The molecule has 12 nitrogen and oxygen atoms in total. The number of nitrogens with zero attached hydrogens (tertiary/aromatic N) is 2. The van der Waals surface area contributed by atoms with E-state index in [2.05, 4.69) is 14.7 Å². The number of methoxy groups -OCH3 is 1. The largest absolute Gasteiger partial charge is 0.493 e. The monoisotopic (exact) mass is 647 g/mol. The summed E-state index contributed by atoms with van der Waals surface area (Å²) in [5.41, 5.74) is 0.788. The minimum Gasteiger partial charge on any atom is -0.493 e. The number of rotatable bonds is 14. The van der Waals surface area contributed by atoms with Crippen LogP contribution in [0.4, 0.5) is 5.82 Å². The maximum absolute atomic E-state index is 13.6. The number of aliphatic carboxylic acids is 1. The second kappa shape index (κ2) is 14.9. The number of anilines is 1. The van der Waals surface area contributed by atoms with Gasteiger partial charge >= 0.3 is 5.97 Å². The molecule has 4 rings (SSSR count). The third-order valence-electron chi connectivity index (χ3n) is 6.45. The lowest BCUT2D eigenvalue weighted by Crippen LogP contribution is -2.24. The Morgan fingerprint density at radius 2 is 1.80 bits per heavy atom. The maximum Gasteiger partial charge on any atom is 0.313 e. The van der Waals surface area contributed by atoms with E-state index >= 15 is 0 Å². The molecule has 2 N–H and O–H groups in total. The summed E-state index contributed by atoms with van der Waals surface area (Å²) in [7, 11) is -2.71. The van der Waals surface area contributed by atoms with Gasteiger partial charge in [0.05, 0.1) is 24.4 Å². The number of para-hydroxylation sites is 2. The normalized spacial score (nSPS) is 15.4. The van der Waals surface area contributed by atoms with E-state index in [1.807, 2.05) is 20.8 Å². The van der Waals surface area contributed by atoms with Gasteiger partial charge in [-0.25, -0.2) is 13.4 Å². The number of aromatic nitrogens is 2. The van der Waals surface area contributed by atoms with Gasteiger partial charge in [-0.05, 0) is 54.5 Å². The minimum absolute atomic E-state index is 0.00422. The number of hydrogen-bond donors (Lipinski definition) is 2. The summed E-state index contributed by atoms with van der Waals surface area (Å²) in [6, 6.07) is 13.3. The van der Waals surface area contributed by atoms with Crippen LogP contribution < -0.4 is 18.9 Å². The van der Waals surface area contributed by atoms with Crippen LogP contribution in [-0.4, -0.2) is 68.4 Å². The molecule has 1 saturated heterocycles. The standard InChI is InChI=1S/C30H37N3O9S2/c1-30(2,3)20-12-14-21(15-13-20)44(36,37)33-27-26(42-23-10-6-5-9-22(23)38-4)28(32-29(31-27)43-19-24(34)35)41-18-17-40-25-11-7-8-16-39-25/h5-6,9-10,12-15,25H,7-8,11,16-19H2,1-4H3,(H,34,35)(H,31,32,33). The highest BCUT2D eigenvalue weighted by Gasteiger charge is 2.26. The van der Waals surface area contributed by atoms with Gasteiger partial charge in [0, 0.05) is 6.61 Å². The van der Waals surface area contributed by atoms with E-state index in [0.29, 0.717) is 12.4 Å². The summed E-state index contributed by atoms with van der Waals surface area (Å²) in [6.45, 7) is 6.89. The molecular weight excluding hydrogens is 610 g/mol. The third-order valence-corrected chi connectivity index (χ3v) is 8.63. The van der Waals surface area contributed by atoms with Crippen molar-refractivity contribution in [3.8, 4) is 23.1 Å². The van der Waals surface area contributed by atoms with Crippen LogP contribution in [0.3, 0.4) is 0 Å². The van der Waals surface area contributed by atoms with E-state index in [9.17, 15) is 18.3 Å². The quantitative estimate of drug-likeness (QED) is 0.129. The minimum atomic E-state index is -4.18. The molecule has 2 aromatic carbocycles. The Balaban J connectivity index is 1.71. The summed E-state index contributed by atoms with van der Waals surface area (Å²) in [5.74, 6) is -1.36. The molecule has 0 saturated carbocycles. The molecule has 44 heavy (non-hydrogen) atoms. The van der Waals surface area contributed by atoms with E-state index < -0.39 is 16.0 Å². The molecule has 1 fully saturated rings. The van der Waals surface area contributed by atoms with Gasteiger partial charge in [0.1, 0.15) is 6.61 Å². The molecule has 2 heterocycles. The van der Waals surface area contributed by atoms with E-state index in [-0.39, 0.29) is 63.9 Å². The highest BCUT2D eigenvalue weighted by atomic mass is 32.2. The molecule has 238 valence electrons. The summed E-state index contributed by atoms with van der Waals surface area (Å²) >= 11 is 0.800. The van der Waals surface area contributed by atoms with E-state index in [1.54, 1.807) is 36.4 Å². The lowest BCUT2D eigenvalue weighted by Gasteiger charge is -2.23. The maximum atomic E-state index is 13.6. The van der Waals surface area contributed by atoms with Crippen LogP contribution in [-0.2, 0) is 29.7 Å². The Morgan fingerprint density at radius 1 is 1.07 bits per heavy atom. The smallest absolute Gasteiger partial charge is 0.313 e. The van der Waals surface area contributed by atoms with Crippen LogP contribution in [0.15, 0.2) is 58.6 Å². The van der Waals surface area contributed by atoms with Gasteiger partial charge in [-0.3, -0.25) is 9.52 Å². The van der Waals surface area contributed by atoms with Gasteiger partial charge in [-0.15, -0.1) is 0 Å². The number of carboxylic acid groups (broad SMARTS) is 1. The number of thioether (sulfide) groups is 1. The third kappa shape index (κ3) is 9.21. The zero-order chi connectivity index (χ0) is 31.7. The van der Waals surface area contributed by atoms with Crippen LogP contribution in [0.1, 0.15) is 45.6 Å². The SMILES string of the molecule is COc1ccccc1Oc1c(NS(=O)(=O)c2ccc(C(C)(C)C)cc2)nc(SCC(=O)O)nc1OCCOC1CCCCO1. The van der Waals surface area contributed by atoms with Crippen molar-refractivity contribution in [1.82, 2.24) is 9.97 Å². The number of hydrogen-bond acceptors (Lipinski definition) is 11. The van der Waals surface area contributed by atoms with Crippen molar-refractivity contribution < 1.29 is 42.0 Å². The number of nitrogens with one attached hydrogen (secondary N) is 1. The fourth-order valence-corrected chi connectivity index (χ4v) is 5.72. The number of benzene rings is 2. The molecule has 1 atom stereocenters. The predicted molar refractivity (Wildman–Crippen MR) is 164 cm³/mol.